The minimum Gasteiger partial charge on any atom is -0.478 e. The molecule has 1 N–H and O–H groups in total. The lowest BCUT2D eigenvalue weighted by Gasteiger charge is -2.05. The van der Waals surface area contributed by atoms with Gasteiger partial charge in [0, 0.05) is 9.85 Å². The van der Waals surface area contributed by atoms with Gasteiger partial charge in [-0.2, -0.15) is 4.98 Å². The van der Waals surface area contributed by atoms with Gasteiger partial charge in [0.1, 0.15) is 16.5 Å². The quantitative estimate of drug-likeness (QED) is 0.920. The smallest absolute Gasteiger partial charge is 0.339 e. The Labute approximate surface area is 114 Å². The summed E-state index contributed by atoms with van der Waals surface area (Å²) in [5.74, 6) is -0.840. The van der Waals surface area contributed by atoms with Crippen molar-refractivity contribution in [1.82, 2.24) is 4.98 Å². The van der Waals surface area contributed by atoms with E-state index in [2.05, 4.69) is 20.9 Å². The van der Waals surface area contributed by atoms with E-state index in [0.29, 0.717) is 10.3 Å². The van der Waals surface area contributed by atoms with Crippen LogP contribution in [0.1, 0.15) is 10.4 Å². The molecular formula is C10H5BrClNO3S. The number of hydrogen-bond acceptors (Lipinski definition) is 4. The van der Waals surface area contributed by atoms with E-state index < -0.39 is 5.97 Å². The van der Waals surface area contributed by atoms with Crippen molar-refractivity contribution < 1.29 is 14.6 Å². The van der Waals surface area contributed by atoms with Gasteiger partial charge in [0.2, 0.25) is 0 Å². The molecule has 1 aromatic carbocycles. The molecule has 0 saturated carbocycles. The highest BCUT2D eigenvalue weighted by molar-refractivity contribution is 9.10. The average Bonchev–Trinajstić information content (AvgIpc) is 2.63. The molecule has 0 unspecified atom stereocenters. The van der Waals surface area contributed by atoms with Crippen LogP contribution in [0.4, 0.5) is 0 Å². The van der Waals surface area contributed by atoms with Crippen molar-refractivity contribution in [3.63, 3.8) is 0 Å². The minimum absolute atomic E-state index is 0.0690. The van der Waals surface area contributed by atoms with Gasteiger partial charge < -0.3 is 9.84 Å². The molecule has 0 bridgehead atoms. The van der Waals surface area contributed by atoms with Gasteiger partial charge in [-0.25, -0.2) is 4.79 Å². The Morgan fingerprint density at radius 2 is 2.29 bits per heavy atom. The second-order valence-electron chi connectivity index (χ2n) is 2.98. The third kappa shape index (κ3) is 2.96. The maximum Gasteiger partial charge on any atom is 0.339 e. The molecule has 0 aliphatic heterocycles. The molecule has 0 radical (unpaired) electrons. The molecule has 1 heterocycles. The number of carboxylic acids is 1. The molecule has 17 heavy (non-hydrogen) atoms. The molecule has 7 heteroatoms. The van der Waals surface area contributed by atoms with Gasteiger partial charge in [-0.05, 0) is 18.2 Å². The zero-order valence-electron chi connectivity index (χ0n) is 8.18. The number of carbonyl (C=O) groups is 1. The van der Waals surface area contributed by atoms with Crippen LogP contribution in [0, 0.1) is 0 Å². The van der Waals surface area contributed by atoms with Crippen molar-refractivity contribution in [3.05, 3.63) is 38.8 Å². The van der Waals surface area contributed by atoms with Crippen molar-refractivity contribution >= 4 is 44.8 Å². The van der Waals surface area contributed by atoms with E-state index in [1.54, 1.807) is 17.5 Å². The van der Waals surface area contributed by atoms with Crippen LogP contribution in [0.5, 0.6) is 10.9 Å². The van der Waals surface area contributed by atoms with E-state index in [1.165, 1.54) is 17.4 Å². The molecule has 0 spiro atoms. The van der Waals surface area contributed by atoms with Gasteiger partial charge in [0.15, 0.2) is 0 Å². The third-order valence-electron chi connectivity index (χ3n) is 1.83. The number of carboxylic acid groups (broad SMARTS) is 1. The lowest BCUT2D eigenvalue weighted by molar-refractivity contribution is 0.0694. The summed E-state index contributed by atoms with van der Waals surface area (Å²) in [5.41, 5.74) is 0.0690. The summed E-state index contributed by atoms with van der Waals surface area (Å²) >= 11 is 10.1. The Balaban J connectivity index is 2.37. The van der Waals surface area contributed by atoms with E-state index in [4.69, 9.17) is 21.4 Å². The summed E-state index contributed by atoms with van der Waals surface area (Å²) in [6, 6.07) is 4.65. The number of hydrogen-bond donors (Lipinski definition) is 1. The van der Waals surface area contributed by atoms with Crippen molar-refractivity contribution in [3.8, 4) is 10.9 Å². The van der Waals surface area contributed by atoms with E-state index in [-0.39, 0.29) is 11.3 Å². The highest BCUT2D eigenvalue weighted by Gasteiger charge is 2.13. The highest BCUT2D eigenvalue weighted by Crippen LogP contribution is 2.31. The molecule has 0 saturated heterocycles. The maximum atomic E-state index is 11.0. The first-order chi connectivity index (χ1) is 8.06. The average molecular weight is 335 g/mol. The van der Waals surface area contributed by atoms with Gasteiger partial charge in [-0.3, -0.25) is 0 Å². The molecule has 2 rings (SSSR count). The molecule has 0 amide bonds. The SMILES string of the molecule is O=C(O)c1ccc(Br)cc1Oc1nc(Cl)cs1. The van der Waals surface area contributed by atoms with Crippen molar-refractivity contribution in [1.29, 1.82) is 0 Å². The molecule has 1 aromatic heterocycles. The molecular weight excluding hydrogens is 330 g/mol. The van der Waals surface area contributed by atoms with Gasteiger partial charge in [0.25, 0.3) is 5.19 Å². The standard InChI is InChI=1S/C10H5BrClNO3S/c11-5-1-2-6(9(14)15)7(3-5)16-10-13-8(12)4-17-10/h1-4H,(H,14,15). The maximum absolute atomic E-state index is 11.0. The second kappa shape index (κ2) is 5.03. The number of nitrogens with zero attached hydrogens (tertiary/aromatic N) is 1. The van der Waals surface area contributed by atoms with Crippen LogP contribution in [0.2, 0.25) is 5.15 Å². The zero-order chi connectivity index (χ0) is 12.4. The lowest BCUT2D eigenvalue weighted by atomic mass is 10.2. The van der Waals surface area contributed by atoms with Crippen LogP contribution < -0.4 is 4.74 Å². The van der Waals surface area contributed by atoms with Gasteiger partial charge in [0.05, 0.1) is 0 Å². The van der Waals surface area contributed by atoms with E-state index in [0.717, 1.165) is 4.47 Å². The Hall–Kier alpha value is -1.11. The molecule has 0 aliphatic carbocycles. The predicted octanol–water partition coefficient (Wildman–Crippen LogP) is 4.05. The number of thiazole rings is 1. The van der Waals surface area contributed by atoms with E-state index >= 15 is 0 Å². The van der Waals surface area contributed by atoms with Crippen LogP contribution in [0.15, 0.2) is 28.1 Å². The van der Waals surface area contributed by atoms with Crippen LogP contribution in [-0.4, -0.2) is 16.1 Å². The number of rotatable bonds is 3. The molecule has 0 aliphatic rings. The molecule has 0 atom stereocenters. The minimum atomic E-state index is -1.06. The lowest BCUT2D eigenvalue weighted by Crippen LogP contribution is -1.99. The Bertz CT molecular complexity index is 572. The number of benzene rings is 1. The monoisotopic (exact) mass is 333 g/mol. The number of ether oxygens (including phenoxy) is 1. The zero-order valence-corrected chi connectivity index (χ0v) is 11.3. The van der Waals surface area contributed by atoms with Gasteiger partial charge in [-0.1, -0.05) is 38.9 Å². The second-order valence-corrected chi connectivity index (χ2v) is 5.11. The number of aromatic carboxylic acids is 1. The first-order valence-electron chi connectivity index (χ1n) is 4.38. The van der Waals surface area contributed by atoms with Crippen molar-refractivity contribution in [2.75, 3.05) is 0 Å². The first kappa shape index (κ1) is 12.3. The summed E-state index contributed by atoms with van der Waals surface area (Å²) in [6.45, 7) is 0. The fourth-order valence-electron chi connectivity index (χ4n) is 1.14. The summed E-state index contributed by atoms with van der Waals surface area (Å²) in [4.78, 5) is 14.9. The van der Waals surface area contributed by atoms with Crippen molar-refractivity contribution in [2.45, 2.75) is 0 Å². The highest BCUT2D eigenvalue weighted by atomic mass is 79.9. The first-order valence-corrected chi connectivity index (χ1v) is 6.43. The van der Waals surface area contributed by atoms with E-state index in [9.17, 15) is 4.79 Å². The normalized spacial score (nSPS) is 10.2. The molecule has 2 aromatic rings. The topological polar surface area (TPSA) is 59.4 Å². The molecule has 0 fully saturated rings. The molecule has 4 nitrogen and oxygen atoms in total. The predicted molar refractivity (Wildman–Crippen MR) is 68.3 cm³/mol. The summed E-state index contributed by atoms with van der Waals surface area (Å²) in [7, 11) is 0. The fourth-order valence-corrected chi connectivity index (χ4v) is 2.28. The molecule has 88 valence electrons. The Morgan fingerprint density at radius 3 is 2.88 bits per heavy atom. The Kier molecular flexibility index (Phi) is 3.66. The largest absolute Gasteiger partial charge is 0.478 e. The van der Waals surface area contributed by atoms with Crippen LogP contribution in [0.25, 0.3) is 0 Å². The van der Waals surface area contributed by atoms with Crippen molar-refractivity contribution in [2.24, 2.45) is 0 Å². The fraction of sp³-hybridized carbons (Fsp3) is 0. The van der Waals surface area contributed by atoms with Gasteiger partial charge >= 0.3 is 5.97 Å². The summed E-state index contributed by atoms with van der Waals surface area (Å²) in [5, 5.41) is 11.2. The number of halogens is 2. The van der Waals surface area contributed by atoms with Crippen LogP contribution >= 0.6 is 38.9 Å². The third-order valence-corrected chi connectivity index (χ3v) is 3.36. The van der Waals surface area contributed by atoms with Crippen LogP contribution in [-0.2, 0) is 0 Å². The van der Waals surface area contributed by atoms with E-state index in [1.807, 2.05) is 0 Å². The summed E-state index contributed by atoms with van der Waals surface area (Å²) in [6.07, 6.45) is 0. The Morgan fingerprint density at radius 1 is 1.53 bits per heavy atom. The number of aromatic nitrogens is 1. The van der Waals surface area contributed by atoms with Gasteiger partial charge in [-0.15, -0.1) is 0 Å². The van der Waals surface area contributed by atoms with Crippen LogP contribution in [0.3, 0.4) is 0 Å². The summed E-state index contributed by atoms with van der Waals surface area (Å²) < 4.78 is 6.11.